The largest absolute Gasteiger partial charge is 0.508 e. The number of rotatable bonds is 10. The fraction of sp³-hybridized carbons (Fsp3) is 0.500. The van der Waals surface area contributed by atoms with E-state index in [1.165, 1.54) is 6.07 Å². The van der Waals surface area contributed by atoms with Crippen molar-refractivity contribution in [2.75, 3.05) is 0 Å². The maximum absolute atomic E-state index is 14.3. The third kappa shape index (κ3) is 7.49. The van der Waals surface area contributed by atoms with Gasteiger partial charge in [-0.1, -0.05) is 75.7 Å². The SMILES string of the molecule is CCC(C)C(NC(=O)OC(C)(C)C)C(=O)N(C(C(=O)NCc1ccccc1)c1ccccc1O)C1CC1C. The van der Waals surface area contributed by atoms with E-state index in [1.54, 1.807) is 43.9 Å². The topological polar surface area (TPSA) is 108 Å². The van der Waals surface area contributed by atoms with Crippen LogP contribution in [-0.2, 0) is 20.9 Å². The lowest BCUT2D eigenvalue weighted by molar-refractivity contribution is -0.144. The molecule has 1 aliphatic rings. The number of nitrogens with one attached hydrogen (secondary N) is 2. The summed E-state index contributed by atoms with van der Waals surface area (Å²) in [5.74, 6) is -0.887. The second-order valence-electron chi connectivity index (χ2n) is 11.2. The number of amides is 3. The minimum atomic E-state index is -1.07. The van der Waals surface area contributed by atoms with Crippen LogP contribution in [0.2, 0.25) is 0 Å². The number of para-hydroxylation sites is 1. The Hall–Kier alpha value is -3.55. The summed E-state index contributed by atoms with van der Waals surface area (Å²) in [6.45, 7) is 11.4. The predicted octanol–water partition coefficient (Wildman–Crippen LogP) is 4.93. The molecule has 1 aliphatic carbocycles. The van der Waals surface area contributed by atoms with Crippen molar-refractivity contribution < 1.29 is 24.2 Å². The number of alkyl carbamates (subject to hydrolysis) is 1. The van der Waals surface area contributed by atoms with Gasteiger partial charge in [-0.15, -0.1) is 0 Å². The molecule has 0 aromatic heterocycles. The third-order valence-corrected chi connectivity index (χ3v) is 6.90. The third-order valence-electron chi connectivity index (χ3n) is 6.90. The van der Waals surface area contributed by atoms with Crippen molar-refractivity contribution in [1.82, 2.24) is 15.5 Å². The van der Waals surface area contributed by atoms with Gasteiger partial charge in [0.05, 0.1) is 0 Å². The number of hydrogen-bond acceptors (Lipinski definition) is 5. The lowest BCUT2D eigenvalue weighted by Gasteiger charge is -2.36. The number of carbonyl (C=O) groups excluding carboxylic acids is 3. The number of phenolic OH excluding ortho intramolecular Hbond substituents is 1. The Morgan fingerprint density at radius 3 is 2.24 bits per heavy atom. The predicted molar refractivity (Wildman–Crippen MR) is 146 cm³/mol. The van der Waals surface area contributed by atoms with Crippen LogP contribution in [-0.4, -0.2) is 45.6 Å². The monoisotopic (exact) mass is 523 g/mol. The standard InChI is InChI=1S/C30H41N3O5/c1-7-19(2)25(32-29(37)38-30(4,5)6)28(36)33(23-17-20(23)3)26(22-15-11-12-16-24(22)34)27(35)31-18-21-13-9-8-10-14-21/h8-16,19-20,23,25-26,34H,7,17-18H2,1-6H3,(H,31,35)(H,32,37). The van der Waals surface area contributed by atoms with Crippen LogP contribution in [0.15, 0.2) is 54.6 Å². The van der Waals surface area contributed by atoms with Crippen LogP contribution in [0.5, 0.6) is 5.75 Å². The second kappa shape index (κ2) is 12.3. The number of ether oxygens (including phenoxy) is 1. The Balaban J connectivity index is 1.99. The molecule has 38 heavy (non-hydrogen) atoms. The zero-order valence-corrected chi connectivity index (χ0v) is 23.2. The van der Waals surface area contributed by atoms with E-state index in [0.29, 0.717) is 12.0 Å². The van der Waals surface area contributed by atoms with E-state index in [9.17, 15) is 19.5 Å². The summed E-state index contributed by atoms with van der Waals surface area (Å²) in [6, 6.07) is 13.9. The van der Waals surface area contributed by atoms with Crippen LogP contribution in [0.3, 0.4) is 0 Å². The summed E-state index contributed by atoms with van der Waals surface area (Å²) < 4.78 is 5.45. The molecule has 206 valence electrons. The van der Waals surface area contributed by atoms with Gasteiger partial charge in [0, 0.05) is 18.2 Å². The number of carbonyl (C=O) groups is 3. The molecule has 0 radical (unpaired) electrons. The molecule has 8 heteroatoms. The Kier molecular flexibility index (Phi) is 9.41. The molecule has 2 aromatic rings. The summed E-state index contributed by atoms with van der Waals surface area (Å²) in [4.78, 5) is 42.4. The van der Waals surface area contributed by atoms with Gasteiger partial charge in [0.15, 0.2) is 0 Å². The Bertz CT molecular complexity index is 1110. The maximum atomic E-state index is 14.3. The van der Waals surface area contributed by atoms with Crippen LogP contribution in [0.4, 0.5) is 4.79 Å². The Morgan fingerprint density at radius 2 is 1.68 bits per heavy atom. The minimum absolute atomic E-state index is 0.0707. The summed E-state index contributed by atoms with van der Waals surface area (Å²) in [5.41, 5.74) is 0.525. The first-order valence-corrected chi connectivity index (χ1v) is 13.3. The average Bonchev–Trinajstić information content (AvgIpc) is 3.59. The molecule has 3 rings (SSSR count). The molecule has 5 atom stereocenters. The van der Waals surface area contributed by atoms with E-state index in [2.05, 4.69) is 10.6 Å². The van der Waals surface area contributed by atoms with Crippen molar-refractivity contribution in [3.05, 3.63) is 65.7 Å². The Morgan fingerprint density at radius 1 is 1.08 bits per heavy atom. The number of hydrogen-bond donors (Lipinski definition) is 3. The van der Waals surface area contributed by atoms with E-state index in [1.807, 2.05) is 51.1 Å². The molecule has 0 bridgehead atoms. The molecule has 1 fully saturated rings. The first-order chi connectivity index (χ1) is 17.9. The minimum Gasteiger partial charge on any atom is -0.508 e. The van der Waals surface area contributed by atoms with Crippen molar-refractivity contribution in [3.63, 3.8) is 0 Å². The summed E-state index contributed by atoms with van der Waals surface area (Å²) in [5, 5.41) is 16.5. The van der Waals surface area contributed by atoms with Gasteiger partial charge < -0.3 is 25.4 Å². The van der Waals surface area contributed by atoms with E-state index < -0.39 is 29.7 Å². The average molecular weight is 524 g/mol. The van der Waals surface area contributed by atoms with Gasteiger partial charge in [0.1, 0.15) is 23.4 Å². The Labute approximate surface area is 225 Å². The normalized spacial score (nSPS) is 19.0. The van der Waals surface area contributed by atoms with Crippen LogP contribution in [0.1, 0.15) is 71.6 Å². The second-order valence-corrected chi connectivity index (χ2v) is 11.2. The first-order valence-electron chi connectivity index (χ1n) is 13.3. The molecule has 0 saturated heterocycles. The molecule has 0 spiro atoms. The number of aromatic hydroxyl groups is 1. The van der Waals surface area contributed by atoms with Crippen molar-refractivity contribution >= 4 is 17.9 Å². The molecule has 1 saturated carbocycles. The zero-order chi connectivity index (χ0) is 28.0. The van der Waals surface area contributed by atoms with Gasteiger partial charge in [0.25, 0.3) is 0 Å². The quantitative estimate of drug-likeness (QED) is 0.409. The van der Waals surface area contributed by atoms with Crippen LogP contribution < -0.4 is 10.6 Å². The summed E-state index contributed by atoms with van der Waals surface area (Å²) in [7, 11) is 0. The molecular weight excluding hydrogens is 482 g/mol. The van der Waals surface area contributed by atoms with Gasteiger partial charge in [0.2, 0.25) is 11.8 Å². The highest BCUT2D eigenvalue weighted by Crippen LogP contribution is 2.42. The lowest BCUT2D eigenvalue weighted by Crippen LogP contribution is -2.56. The van der Waals surface area contributed by atoms with Crippen LogP contribution in [0.25, 0.3) is 0 Å². The van der Waals surface area contributed by atoms with Gasteiger partial charge in [-0.2, -0.15) is 0 Å². The van der Waals surface area contributed by atoms with Crippen molar-refractivity contribution in [3.8, 4) is 5.75 Å². The van der Waals surface area contributed by atoms with E-state index in [-0.39, 0.29) is 36.1 Å². The molecule has 0 heterocycles. The molecule has 2 aromatic carbocycles. The number of benzene rings is 2. The fourth-order valence-corrected chi connectivity index (χ4v) is 4.47. The van der Waals surface area contributed by atoms with Gasteiger partial charge in [-0.05, 0) is 50.7 Å². The van der Waals surface area contributed by atoms with E-state index in [4.69, 9.17) is 4.74 Å². The van der Waals surface area contributed by atoms with Crippen LogP contribution >= 0.6 is 0 Å². The van der Waals surface area contributed by atoms with Gasteiger partial charge in [-0.3, -0.25) is 9.59 Å². The molecule has 3 N–H and O–H groups in total. The van der Waals surface area contributed by atoms with Gasteiger partial charge in [-0.25, -0.2) is 4.79 Å². The summed E-state index contributed by atoms with van der Waals surface area (Å²) >= 11 is 0. The first kappa shape index (κ1) is 29.0. The van der Waals surface area contributed by atoms with E-state index in [0.717, 1.165) is 12.0 Å². The van der Waals surface area contributed by atoms with Gasteiger partial charge >= 0.3 is 6.09 Å². The highest BCUT2D eigenvalue weighted by atomic mass is 16.6. The van der Waals surface area contributed by atoms with Crippen LogP contribution in [0, 0.1) is 11.8 Å². The zero-order valence-electron chi connectivity index (χ0n) is 23.2. The molecule has 0 aliphatic heterocycles. The molecule has 5 unspecified atom stereocenters. The van der Waals surface area contributed by atoms with Crippen molar-refractivity contribution in [2.45, 2.75) is 84.7 Å². The maximum Gasteiger partial charge on any atom is 0.408 e. The fourth-order valence-electron chi connectivity index (χ4n) is 4.47. The number of phenols is 1. The highest BCUT2D eigenvalue weighted by Gasteiger charge is 2.49. The molecular formula is C30H41N3O5. The van der Waals surface area contributed by atoms with E-state index >= 15 is 0 Å². The molecule has 3 amide bonds. The van der Waals surface area contributed by atoms with Crippen molar-refractivity contribution in [2.24, 2.45) is 11.8 Å². The smallest absolute Gasteiger partial charge is 0.408 e. The van der Waals surface area contributed by atoms with Crippen molar-refractivity contribution in [1.29, 1.82) is 0 Å². The number of nitrogens with zero attached hydrogens (tertiary/aromatic N) is 1. The highest BCUT2D eigenvalue weighted by molar-refractivity contribution is 5.93. The summed E-state index contributed by atoms with van der Waals surface area (Å²) in [6.07, 6.45) is 0.663. The molecule has 8 nitrogen and oxygen atoms in total. The lowest BCUT2D eigenvalue weighted by atomic mass is 9.95.